The molecule has 27 heavy (non-hydrogen) atoms. The predicted octanol–water partition coefficient (Wildman–Crippen LogP) is 4.57. The first-order chi connectivity index (χ1) is 13.0. The van der Waals surface area contributed by atoms with E-state index in [0.29, 0.717) is 27.9 Å². The number of carbonyl (C=O) groups is 2. The van der Waals surface area contributed by atoms with E-state index in [9.17, 15) is 14.5 Å². The van der Waals surface area contributed by atoms with Gasteiger partial charge < -0.3 is 0 Å². The summed E-state index contributed by atoms with van der Waals surface area (Å²) in [5.41, 5.74) is 2.71. The highest BCUT2D eigenvalue weighted by molar-refractivity contribution is 6.16. The normalized spacial score (nSPS) is 10.3. The molecule has 0 amide bonds. The number of nitrogens with zero attached hydrogens (tertiary/aromatic N) is 2. The minimum absolute atomic E-state index is 0.177. The molecular weight excluding hydrogens is 340 g/mol. The van der Waals surface area contributed by atoms with Crippen LogP contribution < -0.4 is 5.01 Å². The van der Waals surface area contributed by atoms with Crippen molar-refractivity contribution in [1.82, 2.24) is 0 Å². The fourth-order valence-electron chi connectivity index (χ4n) is 2.92. The van der Waals surface area contributed by atoms with Crippen molar-refractivity contribution >= 4 is 17.3 Å². The number of ketones is 2. The van der Waals surface area contributed by atoms with Crippen LogP contribution in [-0.4, -0.2) is 18.6 Å². The third-order valence-electron chi connectivity index (χ3n) is 4.38. The van der Waals surface area contributed by atoms with Crippen molar-refractivity contribution in [2.75, 3.05) is 12.1 Å². The van der Waals surface area contributed by atoms with Gasteiger partial charge in [-0.2, -0.15) is 0 Å². The second-order valence-electron chi connectivity index (χ2n) is 6.18. The molecule has 5 heteroatoms. The molecule has 0 bridgehead atoms. The summed E-state index contributed by atoms with van der Waals surface area (Å²) in [6.07, 6.45) is 0. The first-order valence-corrected chi connectivity index (χ1v) is 8.44. The zero-order valence-electron chi connectivity index (χ0n) is 15.0. The summed E-state index contributed by atoms with van der Waals surface area (Å²) >= 11 is 0. The smallest absolute Gasteiger partial charge is 0.195 e. The Morgan fingerprint density at radius 1 is 0.778 bits per heavy atom. The van der Waals surface area contributed by atoms with Crippen LogP contribution in [-0.2, 0) is 0 Å². The van der Waals surface area contributed by atoms with Crippen LogP contribution in [0.1, 0.15) is 37.4 Å². The zero-order valence-corrected chi connectivity index (χ0v) is 15.0. The van der Waals surface area contributed by atoms with Crippen molar-refractivity contribution in [1.29, 1.82) is 0 Å². The minimum atomic E-state index is -0.275. The molecule has 3 rings (SSSR count). The van der Waals surface area contributed by atoms with Gasteiger partial charge >= 0.3 is 0 Å². The molecule has 0 saturated carbocycles. The maximum Gasteiger partial charge on any atom is 0.195 e. The fourth-order valence-corrected chi connectivity index (χ4v) is 2.92. The van der Waals surface area contributed by atoms with Crippen molar-refractivity contribution in [2.45, 2.75) is 6.92 Å². The van der Waals surface area contributed by atoms with E-state index in [-0.39, 0.29) is 17.1 Å². The Balaban J connectivity index is 2.16. The van der Waals surface area contributed by atoms with Crippen LogP contribution >= 0.6 is 0 Å². The van der Waals surface area contributed by atoms with Crippen LogP contribution in [0.3, 0.4) is 0 Å². The SMILES string of the molecule is Cc1cc(N(C)N=O)c(C(=O)c2ccccc2)cc1C(=O)c1ccccc1. The lowest BCUT2D eigenvalue weighted by molar-refractivity contribution is 0.103. The molecule has 134 valence electrons. The first kappa shape index (κ1) is 18.2. The Morgan fingerprint density at radius 3 is 1.74 bits per heavy atom. The molecule has 0 aliphatic heterocycles. The summed E-state index contributed by atoms with van der Waals surface area (Å²) in [6, 6.07) is 20.8. The molecule has 0 spiro atoms. The summed E-state index contributed by atoms with van der Waals surface area (Å²) in [6.45, 7) is 1.77. The predicted molar refractivity (Wildman–Crippen MR) is 105 cm³/mol. The van der Waals surface area contributed by atoms with E-state index in [0.717, 1.165) is 5.01 Å². The molecule has 0 unspecified atom stereocenters. The summed E-state index contributed by atoms with van der Waals surface area (Å²) in [4.78, 5) is 37.0. The maximum atomic E-state index is 13.0. The van der Waals surface area contributed by atoms with Crippen LogP contribution in [0.5, 0.6) is 0 Å². The van der Waals surface area contributed by atoms with Crippen LogP contribution in [0, 0.1) is 11.8 Å². The van der Waals surface area contributed by atoms with Crippen LogP contribution in [0.25, 0.3) is 0 Å². The third kappa shape index (κ3) is 3.67. The Morgan fingerprint density at radius 2 is 1.26 bits per heavy atom. The largest absolute Gasteiger partial charge is 0.289 e. The minimum Gasteiger partial charge on any atom is -0.289 e. The van der Waals surface area contributed by atoms with Gasteiger partial charge in [-0.25, -0.2) is 5.01 Å². The van der Waals surface area contributed by atoms with Crippen LogP contribution in [0.15, 0.2) is 78.1 Å². The molecule has 0 N–H and O–H groups in total. The molecular formula is C22H18N2O3. The number of benzene rings is 3. The topological polar surface area (TPSA) is 66.8 Å². The average Bonchev–Trinajstić information content (AvgIpc) is 2.73. The van der Waals surface area contributed by atoms with Gasteiger partial charge in [0.1, 0.15) is 0 Å². The van der Waals surface area contributed by atoms with Gasteiger partial charge in [0.25, 0.3) is 0 Å². The quantitative estimate of drug-likeness (QED) is 0.368. The number of anilines is 1. The van der Waals surface area contributed by atoms with Crippen molar-refractivity contribution in [3.8, 4) is 0 Å². The summed E-state index contributed by atoms with van der Waals surface area (Å²) < 4.78 is 0. The van der Waals surface area contributed by atoms with Gasteiger partial charge in [0, 0.05) is 29.3 Å². The summed E-state index contributed by atoms with van der Waals surface area (Å²) in [5, 5.41) is 4.01. The van der Waals surface area contributed by atoms with E-state index in [1.54, 1.807) is 67.6 Å². The molecule has 0 atom stereocenters. The number of nitroso groups, excluding NO2 is 1. The lowest BCUT2D eigenvalue weighted by atomic mass is 9.92. The lowest BCUT2D eigenvalue weighted by Crippen LogP contribution is -2.16. The molecule has 0 aliphatic rings. The highest BCUT2D eigenvalue weighted by atomic mass is 16.3. The van der Waals surface area contributed by atoms with E-state index in [2.05, 4.69) is 5.29 Å². The lowest BCUT2D eigenvalue weighted by Gasteiger charge is -2.17. The number of rotatable bonds is 6. The van der Waals surface area contributed by atoms with Crippen molar-refractivity contribution < 1.29 is 9.59 Å². The summed E-state index contributed by atoms with van der Waals surface area (Å²) in [7, 11) is 1.47. The molecule has 3 aromatic rings. The van der Waals surface area contributed by atoms with Gasteiger partial charge in [0.05, 0.1) is 11.0 Å². The van der Waals surface area contributed by atoms with Gasteiger partial charge in [-0.15, -0.1) is 4.91 Å². The van der Waals surface area contributed by atoms with E-state index in [1.165, 1.54) is 7.05 Å². The highest BCUT2D eigenvalue weighted by Gasteiger charge is 2.22. The first-order valence-electron chi connectivity index (χ1n) is 8.44. The van der Waals surface area contributed by atoms with E-state index in [4.69, 9.17) is 0 Å². The second kappa shape index (κ2) is 7.74. The molecule has 0 fully saturated rings. The zero-order chi connectivity index (χ0) is 19.4. The molecule has 0 aliphatic carbocycles. The standard InChI is InChI=1S/C22H18N2O3/c1-15-13-20(24(2)23-27)19(22(26)17-11-7-4-8-12-17)14-18(15)21(25)16-9-5-3-6-10-16/h3-14H,1-2H3. The Bertz CT molecular complexity index is 999. The number of carbonyl (C=O) groups excluding carboxylic acids is 2. The molecule has 0 heterocycles. The van der Waals surface area contributed by atoms with Crippen molar-refractivity contribution in [3.05, 3.63) is 106 Å². The molecule has 0 aromatic heterocycles. The van der Waals surface area contributed by atoms with E-state index >= 15 is 0 Å². The fraction of sp³-hybridized carbons (Fsp3) is 0.0909. The number of hydrogen-bond donors (Lipinski definition) is 0. The van der Waals surface area contributed by atoms with Crippen molar-refractivity contribution in [2.24, 2.45) is 5.29 Å². The second-order valence-corrected chi connectivity index (χ2v) is 6.18. The van der Waals surface area contributed by atoms with Gasteiger partial charge in [-0.05, 0) is 24.6 Å². The average molecular weight is 358 g/mol. The Kier molecular flexibility index (Phi) is 5.22. The number of hydrogen-bond acceptors (Lipinski definition) is 4. The van der Waals surface area contributed by atoms with Crippen LogP contribution in [0.4, 0.5) is 5.69 Å². The summed E-state index contributed by atoms with van der Waals surface area (Å²) in [5.74, 6) is -0.452. The maximum absolute atomic E-state index is 13.0. The third-order valence-corrected chi connectivity index (χ3v) is 4.38. The monoisotopic (exact) mass is 358 g/mol. The van der Waals surface area contributed by atoms with Gasteiger partial charge in [0.2, 0.25) is 0 Å². The molecule has 5 nitrogen and oxygen atoms in total. The van der Waals surface area contributed by atoms with Gasteiger partial charge in [0.15, 0.2) is 11.6 Å². The number of aryl methyl sites for hydroxylation is 1. The van der Waals surface area contributed by atoms with Gasteiger partial charge in [-0.3, -0.25) is 9.59 Å². The highest BCUT2D eigenvalue weighted by Crippen LogP contribution is 2.28. The Labute approximate surface area is 157 Å². The Hall–Kier alpha value is -3.60. The van der Waals surface area contributed by atoms with Crippen LogP contribution in [0.2, 0.25) is 0 Å². The van der Waals surface area contributed by atoms with E-state index < -0.39 is 0 Å². The van der Waals surface area contributed by atoms with E-state index in [1.807, 2.05) is 12.1 Å². The van der Waals surface area contributed by atoms with Crippen molar-refractivity contribution in [3.63, 3.8) is 0 Å². The molecule has 0 saturated heterocycles. The molecule has 3 aromatic carbocycles. The molecule has 0 radical (unpaired) electrons. The van der Waals surface area contributed by atoms with Gasteiger partial charge in [-0.1, -0.05) is 60.7 Å².